The van der Waals surface area contributed by atoms with Gasteiger partial charge in [0, 0.05) is 11.8 Å². The van der Waals surface area contributed by atoms with Crippen LogP contribution in [0.4, 0.5) is 0 Å². The van der Waals surface area contributed by atoms with Crippen LogP contribution in [0.5, 0.6) is 0 Å². The monoisotopic (exact) mass is 168 g/mol. The Labute approximate surface area is 74.3 Å². The SMILES string of the molecule is CCC(=O)OCC#CC(C)(C)C. The van der Waals surface area contributed by atoms with Crippen LogP contribution in [0.15, 0.2) is 0 Å². The Morgan fingerprint density at radius 2 is 2.00 bits per heavy atom. The summed E-state index contributed by atoms with van der Waals surface area (Å²) in [4.78, 5) is 10.6. The maximum absolute atomic E-state index is 10.6. The Balaban J connectivity index is 3.67. The first-order valence-corrected chi connectivity index (χ1v) is 4.11. The number of esters is 1. The molecule has 0 aromatic heterocycles. The fourth-order valence-corrected chi connectivity index (χ4v) is 0.520. The zero-order valence-electron chi connectivity index (χ0n) is 8.23. The van der Waals surface area contributed by atoms with E-state index in [9.17, 15) is 4.79 Å². The Morgan fingerprint density at radius 3 is 2.42 bits per heavy atom. The molecule has 0 atom stereocenters. The second-order valence-corrected chi connectivity index (χ2v) is 3.57. The molecule has 0 spiro atoms. The summed E-state index contributed by atoms with van der Waals surface area (Å²) in [5.41, 5.74) is -0.0153. The van der Waals surface area contributed by atoms with E-state index in [1.54, 1.807) is 6.92 Å². The molecule has 0 bridgehead atoms. The molecule has 0 aliphatic carbocycles. The largest absolute Gasteiger partial charge is 0.452 e. The van der Waals surface area contributed by atoms with Crippen molar-refractivity contribution in [2.75, 3.05) is 6.61 Å². The van der Waals surface area contributed by atoms with E-state index >= 15 is 0 Å². The lowest BCUT2D eigenvalue weighted by atomic mass is 9.98. The standard InChI is InChI=1S/C10H16O2/c1-5-9(11)12-8-6-7-10(2,3)4/h5,8H2,1-4H3. The second kappa shape index (κ2) is 4.82. The van der Waals surface area contributed by atoms with Crippen LogP contribution in [0, 0.1) is 17.3 Å². The van der Waals surface area contributed by atoms with Crippen LogP contribution in [0.2, 0.25) is 0 Å². The molecular weight excluding hydrogens is 152 g/mol. The first-order valence-electron chi connectivity index (χ1n) is 4.11. The summed E-state index contributed by atoms with van der Waals surface area (Å²) in [5, 5.41) is 0. The van der Waals surface area contributed by atoms with Gasteiger partial charge >= 0.3 is 5.97 Å². The van der Waals surface area contributed by atoms with E-state index in [1.807, 2.05) is 20.8 Å². The summed E-state index contributed by atoms with van der Waals surface area (Å²) in [5.74, 6) is 5.58. The normalized spacial score (nSPS) is 10.0. The van der Waals surface area contributed by atoms with Gasteiger partial charge in [-0.3, -0.25) is 4.79 Å². The number of hydrogen-bond acceptors (Lipinski definition) is 2. The van der Waals surface area contributed by atoms with Gasteiger partial charge in [-0.05, 0) is 20.8 Å². The molecule has 0 radical (unpaired) electrons. The molecule has 2 nitrogen and oxygen atoms in total. The average Bonchev–Trinajstić information content (AvgIpc) is 1.96. The van der Waals surface area contributed by atoms with E-state index < -0.39 is 0 Å². The summed E-state index contributed by atoms with van der Waals surface area (Å²) < 4.78 is 4.77. The molecule has 0 rings (SSSR count). The van der Waals surface area contributed by atoms with Gasteiger partial charge in [0.15, 0.2) is 6.61 Å². The maximum Gasteiger partial charge on any atom is 0.306 e. The average molecular weight is 168 g/mol. The van der Waals surface area contributed by atoms with Gasteiger partial charge in [-0.15, -0.1) is 0 Å². The summed E-state index contributed by atoms with van der Waals surface area (Å²) in [6.07, 6.45) is 0.414. The maximum atomic E-state index is 10.6. The number of ether oxygens (including phenoxy) is 1. The zero-order chi connectivity index (χ0) is 9.61. The van der Waals surface area contributed by atoms with E-state index in [2.05, 4.69) is 11.8 Å². The lowest BCUT2D eigenvalue weighted by Gasteiger charge is -2.06. The van der Waals surface area contributed by atoms with Crippen molar-refractivity contribution >= 4 is 5.97 Å². The van der Waals surface area contributed by atoms with Crippen molar-refractivity contribution in [3.8, 4) is 11.8 Å². The minimum absolute atomic E-state index is 0.0153. The molecule has 0 saturated carbocycles. The van der Waals surface area contributed by atoms with Crippen LogP contribution >= 0.6 is 0 Å². The third-order valence-electron chi connectivity index (χ3n) is 1.06. The van der Waals surface area contributed by atoms with Gasteiger partial charge in [-0.1, -0.05) is 18.8 Å². The van der Waals surface area contributed by atoms with Gasteiger partial charge in [0.2, 0.25) is 0 Å². The van der Waals surface area contributed by atoms with Gasteiger partial charge in [0.1, 0.15) is 0 Å². The summed E-state index contributed by atoms with van der Waals surface area (Å²) in [6.45, 7) is 8.02. The predicted octanol–water partition coefficient (Wildman–Crippen LogP) is 1.99. The van der Waals surface area contributed by atoms with Crippen molar-refractivity contribution in [1.82, 2.24) is 0 Å². The van der Waals surface area contributed by atoms with Gasteiger partial charge in [0.25, 0.3) is 0 Å². The van der Waals surface area contributed by atoms with E-state index in [-0.39, 0.29) is 18.0 Å². The van der Waals surface area contributed by atoms with Crippen LogP contribution in [-0.4, -0.2) is 12.6 Å². The van der Waals surface area contributed by atoms with Crippen molar-refractivity contribution in [1.29, 1.82) is 0 Å². The molecule has 0 unspecified atom stereocenters. The molecule has 12 heavy (non-hydrogen) atoms. The van der Waals surface area contributed by atoms with Crippen LogP contribution < -0.4 is 0 Å². The minimum Gasteiger partial charge on any atom is -0.452 e. The van der Waals surface area contributed by atoms with Gasteiger partial charge < -0.3 is 4.74 Å². The van der Waals surface area contributed by atoms with Crippen molar-refractivity contribution < 1.29 is 9.53 Å². The van der Waals surface area contributed by atoms with E-state index in [4.69, 9.17) is 4.74 Å². The first-order chi connectivity index (χ1) is 5.45. The Morgan fingerprint density at radius 1 is 1.42 bits per heavy atom. The van der Waals surface area contributed by atoms with Crippen molar-refractivity contribution in [2.45, 2.75) is 34.1 Å². The highest BCUT2D eigenvalue weighted by Gasteiger charge is 2.03. The highest BCUT2D eigenvalue weighted by atomic mass is 16.5. The third kappa shape index (κ3) is 7.14. The second-order valence-electron chi connectivity index (χ2n) is 3.57. The van der Waals surface area contributed by atoms with Crippen LogP contribution in [-0.2, 0) is 9.53 Å². The molecule has 0 aliphatic rings. The van der Waals surface area contributed by atoms with E-state index in [0.717, 1.165) is 0 Å². The molecule has 2 heteroatoms. The molecule has 0 fully saturated rings. The Hall–Kier alpha value is -0.970. The molecule has 0 heterocycles. The molecule has 0 saturated heterocycles. The predicted molar refractivity (Wildman–Crippen MR) is 48.5 cm³/mol. The summed E-state index contributed by atoms with van der Waals surface area (Å²) in [7, 11) is 0. The zero-order valence-corrected chi connectivity index (χ0v) is 8.23. The fourth-order valence-electron chi connectivity index (χ4n) is 0.520. The summed E-state index contributed by atoms with van der Waals surface area (Å²) in [6, 6.07) is 0. The Kier molecular flexibility index (Phi) is 4.43. The minimum atomic E-state index is -0.196. The van der Waals surface area contributed by atoms with Crippen molar-refractivity contribution in [3.05, 3.63) is 0 Å². The Bertz CT molecular complexity index is 200. The molecule has 0 N–H and O–H groups in total. The molecule has 0 amide bonds. The smallest absolute Gasteiger partial charge is 0.306 e. The van der Waals surface area contributed by atoms with Gasteiger partial charge in [0.05, 0.1) is 0 Å². The van der Waals surface area contributed by atoms with E-state index in [1.165, 1.54) is 0 Å². The molecule has 0 aromatic carbocycles. The topological polar surface area (TPSA) is 26.3 Å². The number of hydrogen-bond donors (Lipinski definition) is 0. The number of rotatable bonds is 2. The number of carbonyl (C=O) groups excluding carboxylic acids is 1. The third-order valence-corrected chi connectivity index (χ3v) is 1.06. The molecule has 68 valence electrons. The van der Waals surface area contributed by atoms with Gasteiger partial charge in [-0.2, -0.15) is 0 Å². The quantitative estimate of drug-likeness (QED) is 0.465. The highest BCUT2D eigenvalue weighted by molar-refractivity contribution is 5.69. The lowest BCUT2D eigenvalue weighted by Crippen LogP contribution is -2.04. The fraction of sp³-hybridized carbons (Fsp3) is 0.700. The summed E-state index contributed by atoms with van der Waals surface area (Å²) >= 11 is 0. The first kappa shape index (κ1) is 11.0. The van der Waals surface area contributed by atoms with Crippen LogP contribution in [0.3, 0.4) is 0 Å². The van der Waals surface area contributed by atoms with Crippen LogP contribution in [0.1, 0.15) is 34.1 Å². The van der Waals surface area contributed by atoms with Gasteiger partial charge in [-0.25, -0.2) is 0 Å². The van der Waals surface area contributed by atoms with E-state index in [0.29, 0.717) is 6.42 Å². The number of carbonyl (C=O) groups is 1. The van der Waals surface area contributed by atoms with Crippen molar-refractivity contribution in [2.24, 2.45) is 5.41 Å². The van der Waals surface area contributed by atoms with Crippen molar-refractivity contribution in [3.63, 3.8) is 0 Å². The lowest BCUT2D eigenvalue weighted by molar-refractivity contribution is -0.141. The molecule has 0 aromatic rings. The van der Waals surface area contributed by atoms with Crippen LogP contribution in [0.25, 0.3) is 0 Å². The highest BCUT2D eigenvalue weighted by Crippen LogP contribution is 2.09. The molecular formula is C10H16O2. The molecule has 0 aliphatic heterocycles.